The molecule has 0 saturated heterocycles. The first-order valence-corrected chi connectivity index (χ1v) is 3.97. The number of halogens is 3. The summed E-state index contributed by atoms with van der Waals surface area (Å²) in [5.41, 5.74) is 0. The Balaban J connectivity index is 2.28. The van der Waals surface area contributed by atoms with Gasteiger partial charge in [0, 0.05) is 13.1 Å². The van der Waals surface area contributed by atoms with Gasteiger partial charge in [-0.05, 0) is 12.8 Å². The van der Waals surface area contributed by atoms with Crippen molar-refractivity contribution in [3.8, 4) is 0 Å². The Bertz CT molecular complexity index is 200. The highest BCUT2D eigenvalue weighted by Crippen LogP contribution is 2.20. The van der Waals surface area contributed by atoms with Crippen LogP contribution in [0.1, 0.15) is 12.8 Å². The number of hydrogen-bond donors (Lipinski definition) is 1. The van der Waals surface area contributed by atoms with Gasteiger partial charge in [-0.15, -0.1) is 0 Å². The average molecular weight is 196 g/mol. The van der Waals surface area contributed by atoms with Gasteiger partial charge in [0.15, 0.2) is 0 Å². The van der Waals surface area contributed by atoms with E-state index in [4.69, 9.17) is 0 Å². The van der Waals surface area contributed by atoms with E-state index in [0.717, 1.165) is 19.9 Å². The minimum absolute atomic E-state index is 0.0863. The summed E-state index contributed by atoms with van der Waals surface area (Å²) in [6.07, 6.45) is -2.59. The van der Waals surface area contributed by atoms with Gasteiger partial charge in [0.25, 0.3) is 0 Å². The molecule has 0 aromatic rings. The molecule has 0 atom stereocenters. The van der Waals surface area contributed by atoms with Crippen molar-refractivity contribution in [2.24, 2.45) is 0 Å². The molecule has 1 rings (SSSR count). The summed E-state index contributed by atoms with van der Waals surface area (Å²) >= 11 is 0. The summed E-state index contributed by atoms with van der Waals surface area (Å²) in [6.45, 7) is -1.20. The number of nitrogens with one attached hydrogen (secondary N) is 1. The zero-order chi connectivity index (χ0) is 10.1. The van der Waals surface area contributed by atoms with E-state index in [1.165, 1.54) is 0 Å². The number of carbonyl (C=O) groups excluding carboxylic acids is 1. The van der Waals surface area contributed by atoms with E-state index >= 15 is 0 Å². The molecule has 13 heavy (non-hydrogen) atoms. The SMILES string of the molecule is CN(CC(F)(F)F)C(=O)NC1CC1. The number of hydrogen-bond acceptors (Lipinski definition) is 1. The number of rotatable bonds is 2. The summed E-state index contributed by atoms with van der Waals surface area (Å²) in [5, 5.41) is 2.46. The largest absolute Gasteiger partial charge is 0.406 e. The fourth-order valence-corrected chi connectivity index (χ4v) is 0.853. The van der Waals surface area contributed by atoms with Crippen LogP contribution in [0.25, 0.3) is 0 Å². The van der Waals surface area contributed by atoms with Crippen LogP contribution in [-0.2, 0) is 0 Å². The molecule has 0 aromatic heterocycles. The number of amides is 2. The first-order chi connectivity index (χ1) is 5.88. The van der Waals surface area contributed by atoms with E-state index in [1.54, 1.807) is 0 Å². The highest BCUT2D eigenvalue weighted by atomic mass is 19.4. The molecule has 0 bridgehead atoms. The molecular formula is C7H11F3N2O. The second kappa shape index (κ2) is 3.43. The lowest BCUT2D eigenvalue weighted by Gasteiger charge is -2.19. The number of urea groups is 1. The smallest absolute Gasteiger partial charge is 0.335 e. The van der Waals surface area contributed by atoms with E-state index in [9.17, 15) is 18.0 Å². The second-order valence-corrected chi connectivity index (χ2v) is 3.20. The first-order valence-electron chi connectivity index (χ1n) is 3.97. The Kier molecular flexibility index (Phi) is 2.68. The molecule has 1 aliphatic rings. The average Bonchev–Trinajstić information content (AvgIpc) is 2.67. The van der Waals surface area contributed by atoms with Gasteiger partial charge in [0.2, 0.25) is 0 Å². The fourth-order valence-electron chi connectivity index (χ4n) is 0.853. The maximum atomic E-state index is 11.8. The summed E-state index contributed by atoms with van der Waals surface area (Å²) in [5.74, 6) is 0. The van der Waals surface area contributed by atoms with E-state index in [2.05, 4.69) is 5.32 Å². The molecular weight excluding hydrogens is 185 g/mol. The van der Waals surface area contributed by atoms with E-state index in [1.807, 2.05) is 0 Å². The van der Waals surface area contributed by atoms with Crippen LogP contribution in [0.15, 0.2) is 0 Å². The van der Waals surface area contributed by atoms with Crippen LogP contribution in [0.5, 0.6) is 0 Å². The molecule has 76 valence electrons. The Morgan fingerprint density at radius 1 is 1.54 bits per heavy atom. The highest BCUT2D eigenvalue weighted by molar-refractivity contribution is 5.74. The molecule has 1 aliphatic carbocycles. The molecule has 3 nitrogen and oxygen atoms in total. The molecule has 0 aliphatic heterocycles. The van der Waals surface area contributed by atoms with E-state index in [0.29, 0.717) is 4.90 Å². The zero-order valence-corrected chi connectivity index (χ0v) is 7.19. The zero-order valence-electron chi connectivity index (χ0n) is 7.19. The van der Waals surface area contributed by atoms with Gasteiger partial charge in [-0.1, -0.05) is 0 Å². The van der Waals surface area contributed by atoms with Crippen LogP contribution < -0.4 is 5.32 Å². The van der Waals surface area contributed by atoms with Crippen LogP contribution in [0, 0.1) is 0 Å². The first kappa shape index (κ1) is 10.1. The lowest BCUT2D eigenvalue weighted by Crippen LogP contribution is -2.43. The standard InChI is InChI=1S/C7H11F3N2O/c1-12(4-7(8,9)10)6(13)11-5-2-3-5/h5H,2-4H2,1H3,(H,11,13). The van der Waals surface area contributed by atoms with Crippen LogP contribution in [0.4, 0.5) is 18.0 Å². The molecule has 6 heteroatoms. The Morgan fingerprint density at radius 3 is 2.46 bits per heavy atom. The molecule has 1 N–H and O–H groups in total. The van der Waals surface area contributed by atoms with E-state index < -0.39 is 18.8 Å². The molecule has 2 amide bonds. The topological polar surface area (TPSA) is 32.3 Å². The predicted molar refractivity (Wildman–Crippen MR) is 40.2 cm³/mol. The second-order valence-electron chi connectivity index (χ2n) is 3.20. The van der Waals surface area contributed by atoms with Crippen LogP contribution in [0.3, 0.4) is 0 Å². The monoisotopic (exact) mass is 196 g/mol. The minimum atomic E-state index is -4.32. The summed E-state index contributed by atoms with van der Waals surface area (Å²) in [7, 11) is 1.13. The molecule has 0 spiro atoms. The van der Waals surface area contributed by atoms with Gasteiger partial charge in [0.05, 0.1) is 0 Å². The van der Waals surface area contributed by atoms with Crippen molar-refractivity contribution in [1.82, 2.24) is 10.2 Å². The highest BCUT2D eigenvalue weighted by Gasteiger charge is 2.32. The van der Waals surface area contributed by atoms with E-state index in [-0.39, 0.29) is 6.04 Å². The quantitative estimate of drug-likeness (QED) is 0.710. The fraction of sp³-hybridized carbons (Fsp3) is 0.857. The van der Waals surface area contributed by atoms with Crippen LogP contribution >= 0.6 is 0 Å². The van der Waals surface area contributed by atoms with Crippen molar-refractivity contribution in [2.75, 3.05) is 13.6 Å². The van der Waals surface area contributed by atoms with Crippen molar-refractivity contribution in [2.45, 2.75) is 25.1 Å². The maximum Gasteiger partial charge on any atom is 0.406 e. The minimum Gasteiger partial charge on any atom is -0.335 e. The summed E-state index contributed by atoms with van der Waals surface area (Å²) in [6, 6.07) is -0.567. The van der Waals surface area contributed by atoms with Gasteiger partial charge in [-0.3, -0.25) is 0 Å². The molecule has 0 radical (unpaired) electrons. The third-order valence-corrected chi connectivity index (χ3v) is 1.67. The normalized spacial score (nSPS) is 16.9. The predicted octanol–water partition coefficient (Wildman–Crippen LogP) is 1.35. The number of nitrogens with zero attached hydrogens (tertiary/aromatic N) is 1. The lowest BCUT2D eigenvalue weighted by atomic mass is 10.5. The van der Waals surface area contributed by atoms with Crippen LogP contribution in [0.2, 0.25) is 0 Å². The van der Waals surface area contributed by atoms with Crippen molar-refractivity contribution < 1.29 is 18.0 Å². The van der Waals surface area contributed by atoms with Crippen molar-refractivity contribution in [1.29, 1.82) is 0 Å². The van der Waals surface area contributed by atoms with Crippen molar-refractivity contribution in [3.63, 3.8) is 0 Å². The lowest BCUT2D eigenvalue weighted by molar-refractivity contribution is -0.137. The number of alkyl halides is 3. The van der Waals surface area contributed by atoms with Gasteiger partial charge < -0.3 is 10.2 Å². The maximum absolute atomic E-state index is 11.8. The van der Waals surface area contributed by atoms with Gasteiger partial charge in [0.1, 0.15) is 6.54 Å². The van der Waals surface area contributed by atoms with Crippen LogP contribution in [-0.4, -0.2) is 36.7 Å². The van der Waals surface area contributed by atoms with Crippen molar-refractivity contribution >= 4 is 6.03 Å². The molecule has 0 heterocycles. The summed E-state index contributed by atoms with van der Waals surface area (Å²) in [4.78, 5) is 11.6. The third-order valence-electron chi connectivity index (χ3n) is 1.67. The molecule has 1 fully saturated rings. The molecule has 0 aromatic carbocycles. The Hall–Kier alpha value is -0.940. The third kappa shape index (κ3) is 4.00. The van der Waals surface area contributed by atoms with Gasteiger partial charge in [-0.25, -0.2) is 4.79 Å². The number of carbonyl (C=O) groups is 1. The van der Waals surface area contributed by atoms with Gasteiger partial charge >= 0.3 is 12.2 Å². The summed E-state index contributed by atoms with van der Waals surface area (Å²) < 4.78 is 35.4. The van der Waals surface area contributed by atoms with Crippen molar-refractivity contribution in [3.05, 3.63) is 0 Å². The Morgan fingerprint density at radius 2 is 2.08 bits per heavy atom. The molecule has 1 saturated carbocycles. The Labute approximate surface area is 73.9 Å². The molecule has 0 unspecified atom stereocenters. The van der Waals surface area contributed by atoms with Gasteiger partial charge in [-0.2, -0.15) is 13.2 Å².